The minimum absolute atomic E-state index is 0.0863. The molecule has 0 radical (unpaired) electrons. The van der Waals surface area contributed by atoms with Crippen LogP contribution >= 0.6 is 0 Å². The van der Waals surface area contributed by atoms with Crippen LogP contribution in [0.15, 0.2) is 77.4 Å². The first-order valence-electron chi connectivity index (χ1n) is 7.20. The van der Waals surface area contributed by atoms with Gasteiger partial charge in [-0.05, 0) is 36.8 Å². The van der Waals surface area contributed by atoms with Crippen LogP contribution in [-0.4, -0.2) is 5.78 Å². The zero-order valence-corrected chi connectivity index (χ0v) is 12.3. The summed E-state index contributed by atoms with van der Waals surface area (Å²) in [6.07, 6.45) is 1.52. The summed E-state index contributed by atoms with van der Waals surface area (Å²) in [5.74, 6) is 0.269. The van der Waals surface area contributed by atoms with Gasteiger partial charge in [0.05, 0.1) is 6.26 Å². The lowest BCUT2D eigenvalue weighted by Crippen LogP contribution is -2.20. The number of Topliss-reactive ketones (excluding diaryl/α,β-unsaturated/α-hetero) is 1. The average Bonchev–Trinajstić information content (AvgIpc) is 3.09. The number of ketones is 1. The molecule has 0 saturated carbocycles. The molecule has 0 aliphatic carbocycles. The van der Waals surface area contributed by atoms with Gasteiger partial charge < -0.3 is 9.73 Å². The number of hydrogen-bond acceptors (Lipinski definition) is 3. The van der Waals surface area contributed by atoms with Crippen molar-refractivity contribution in [1.82, 2.24) is 0 Å². The Morgan fingerprint density at radius 1 is 0.955 bits per heavy atom. The Morgan fingerprint density at radius 2 is 1.68 bits per heavy atom. The van der Waals surface area contributed by atoms with E-state index in [2.05, 4.69) is 5.32 Å². The second-order valence-electron chi connectivity index (χ2n) is 5.20. The molecule has 22 heavy (non-hydrogen) atoms. The summed E-state index contributed by atoms with van der Waals surface area (Å²) in [5, 5.41) is 3.30. The fourth-order valence-corrected chi connectivity index (χ4v) is 2.32. The molecule has 3 rings (SSSR count). The minimum atomic E-state index is -0.477. The van der Waals surface area contributed by atoms with Crippen molar-refractivity contribution in [1.29, 1.82) is 0 Å². The van der Waals surface area contributed by atoms with Gasteiger partial charge >= 0.3 is 0 Å². The Balaban J connectivity index is 1.92. The first-order chi connectivity index (χ1) is 10.7. The number of anilines is 1. The lowest BCUT2D eigenvalue weighted by molar-refractivity contribution is 0.0942. The third kappa shape index (κ3) is 3.09. The van der Waals surface area contributed by atoms with Crippen LogP contribution in [0.4, 0.5) is 5.69 Å². The highest BCUT2D eigenvalue weighted by atomic mass is 16.3. The van der Waals surface area contributed by atoms with Gasteiger partial charge in [-0.25, -0.2) is 0 Å². The molecule has 0 bridgehead atoms. The van der Waals surface area contributed by atoms with Gasteiger partial charge in [-0.1, -0.05) is 48.0 Å². The van der Waals surface area contributed by atoms with Crippen LogP contribution in [0.25, 0.3) is 0 Å². The molecule has 1 N–H and O–H groups in total. The van der Waals surface area contributed by atoms with E-state index in [9.17, 15) is 4.79 Å². The van der Waals surface area contributed by atoms with Gasteiger partial charge in [-0.3, -0.25) is 4.79 Å². The standard InChI is InChI=1S/C19H17NO2/c1-14-9-11-16(12-10-14)20-18(15-6-3-2-4-7-15)19(21)17-8-5-13-22-17/h2-13,18,20H,1H3. The zero-order valence-electron chi connectivity index (χ0n) is 12.3. The molecule has 0 fully saturated rings. The van der Waals surface area contributed by atoms with Gasteiger partial charge in [0.15, 0.2) is 5.76 Å². The highest BCUT2D eigenvalue weighted by molar-refractivity contribution is 6.00. The summed E-state index contributed by atoms with van der Waals surface area (Å²) >= 11 is 0. The maximum Gasteiger partial charge on any atom is 0.224 e. The van der Waals surface area contributed by atoms with Gasteiger partial charge in [0.1, 0.15) is 6.04 Å². The Labute approximate surface area is 129 Å². The second kappa shape index (κ2) is 6.31. The highest BCUT2D eigenvalue weighted by Gasteiger charge is 2.23. The van der Waals surface area contributed by atoms with Crippen molar-refractivity contribution in [2.75, 3.05) is 5.32 Å². The lowest BCUT2D eigenvalue weighted by atomic mass is 10.0. The number of carbonyl (C=O) groups excluding carboxylic acids is 1. The summed E-state index contributed by atoms with van der Waals surface area (Å²) in [6.45, 7) is 2.03. The zero-order chi connectivity index (χ0) is 15.4. The van der Waals surface area contributed by atoms with Crippen LogP contribution in [0.2, 0.25) is 0 Å². The van der Waals surface area contributed by atoms with Gasteiger partial charge in [-0.15, -0.1) is 0 Å². The Morgan fingerprint density at radius 3 is 2.32 bits per heavy atom. The molecule has 2 aromatic carbocycles. The van der Waals surface area contributed by atoms with Gasteiger partial charge in [0.2, 0.25) is 5.78 Å². The molecule has 1 unspecified atom stereocenters. The summed E-state index contributed by atoms with van der Waals surface area (Å²) in [6, 6.07) is 20.6. The van der Waals surface area contributed by atoms with E-state index in [0.29, 0.717) is 5.76 Å². The van der Waals surface area contributed by atoms with Crippen LogP contribution in [0.3, 0.4) is 0 Å². The van der Waals surface area contributed by atoms with E-state index in [0.717, 1.165) is 11.3 Å². The lowest BCUT2D eigenvalue weighted by Gasteiger charge is -2.18. The second-order valence-corrected chi connectivity index (χ2v) is 5.20. The molecular weight excluding hydrogens is 274 g/mol. The van der Waals surface area contributed by atoms with Gasteiger partial charge in [0, 0.05) is 5.69 Å². The molecule has 1 heterocycles. The largest absolute Gasteiger partial charge is 0.461 e. The van der Waals surface area contributed by atoms with E-state index in [1.54, 1.807) is 12.1 Å². The van der Waals surface area contributed by atoms with E-state index >= 15 is 0 Å². The number of benzene rings is 2. The van der Waals surface area contributed by atoms with Gasteiger partial charge in [-0.2, -0.15) is 0 Å². The number of aryl methyl sites for hydroxylation is 1. The van der Waals surface area contributed by atoms with E-state index in [4.69, 9.17) is 4.42 Å². The Kier molecular flexibility index (Phi) is 4.05. The van der Waals surface area contributed by atoms with Gasteiger partial charge in [0.25, 0.3) is 0 Å². The topological polar surface area (TPSA) is 42.2 Å². The Hall–Kier alpha value is -2.81. The average molecular weight is 291 g/mol. The molecule has 0 aliphatic rings. The van der Waals surface area contributed by atoms with E-state index in [-0.39, 0.29) is 5.78 Å². The smallest absolute Gasteiger partial charge is 0.224 e. The summed E-state index contributed by atoms with van der Waals surface area (Å²) in [4.78, 5) is 12.7. The summed E-state index contributed by atoms with van der Waals surface area (Å²) in [7, 11) is 0. The highest BCUT2D eigenvalue weighted by Crippen LogP contribution is 2.24. The van der Waals surface area contributed by atoms with Crippen molar-refractivity contribution >= 4 is 11.5 Å². The van der Waals surface area contributed by atoms with Crippen LogP contribution in [-0.2, 0) is 0 Å². The minimum Gasteiger partial charge on any atom is -0.461 e. The van der Waals surface area contributed by atoms with Crippen LogP contribution in [0.1, 0.15) is 27.7 Å². The van der Waals surface area contributed by atoms with Crippen molar-refractivity contribution in [3.05, 3.63) is 89.9 Å². The van der Waals surface area contributed by atoms with Crippen molar-refractivity contribution < 1.29 is 9.21 Å². The van der Waals surface area contributed by atoms with Crippen molar-refractivity contribution in [3.63, 3.8) is 0 Å². The molecule has 0 saturated heterocycles. The SMILES string of the molecule is Cc1ccc(NC(C(=O)c2ccco2)c2ccccc2)cc1. The summed E-state index contributed by atoms with van der Waals surface area (Å²) in [5.41, 5.74) is 2.99. The fraction of sp³-hybridized carbons (Fsp3) is 0.105. The first kappa shape index (κ1) is 14.1. The molecule has 3 nitrogen and oxygen atoms in total. The molecule has 1 aromatic heterocycles. The van der Waals surface area contributed by atoms with Crippen LogP contribution < -0.4 is 5.32 Å². The molecule has 3 heteroatoms. The number of hydrogen-bond donors (Lipinski definition) is 1. The third-order valence-corrected chi connectivity index (χ3v) is 3.52. The molecule has 110 valence electrons. The predicted molar refractivity (Wildman–Crippen MR) is 87.0 cm³/mol. The molecule has 0 amide bonds. The quantitative estimate of drug-likeness (QED) is 0.697. The maximum absolute atomic E-state index is 12.7. The first-order valence-corrected chi connectivity index (χ1v) is 7.20. The summed E-state index contributed by atoms with van der Waals surface area (Å²) < 4.78 is 5.27. The predicted octanol–water partition coefficient (Wildman–Crippen LogP) is 4.62. The number of rotatable bonds is 5. The molecule has 3 aromatic rings. The number of nitrogens with one attached hydrogen (secondary N) is 1. The van der Waals surface area contributed by atoms with E-state index in [1.165, 1.54) is 11.8 Å². The van der Waals surface area contributed by atoms with Crippen LogP contribution in [0.5, 0.6) is 0 Å². The number of furan rings is 1. The van der Waals surface area contributed by atoms with Crippen molar-refractivity contribution in [2.45, 2.75) is 13.0 Å². The monoisotopic (exact) mass is 291 g/mol. The molecule has 0 spiro atoms. The maximum atomic E-state index is 12.7. The van der Waals surface area contributed by atoms with Crippen molar-refractivity contribution in [2.24, 2.45) is 0 Å². The Bertz CT molecular complexity index is 731. The number of carbonyl (C=O) groups is 1. The normalized spacial score (nSPS) is 11.9. The fourth-order valence-electron chi connectivity index (χ4n) is 2.32. The third-order valence-electron chi connectivity index (χ3n) is 3.52. The van der Waals surface area contributed by atoms with E-state index < -0.39 is 6.04 Å². The van der Waals surface area contributed by atoms with E-state index in [1.807, 2.05) is 61.5 Å². The molecule has 0 aliphatic heterocycles. The van der Waals surface area contributed by atoms with Crippen molar-refractivity contribution in [3.8, 4) is 0 Å². The van der Waals surface area contributed by atoms with Crippen LogP contribution in [0, 0.1) is 6.92 Å². The molecular formula is C19H17NO2. The molecule has 1 atom stereocenters.